The van der Waals surface area contributed by atoms with E-state index in [0.717, 1.165) is 50.5 Å². The molecule has 0 aliphatic rings. The maximum absolute atomic E-state index is 5.69. The van der Waals surface area contributed by atoms with Crippen LogP contribution in [0, 0.1) is 0 Å². The lowest BCUT2D eigenvalue weighted by atomic mass is 10.3. The largest absolute Gasteiger partial charge is 0.494 e. The third-order valence-corrected chi connectivity index (χ3v) is 2.69. The van der Waals surface area contributed by atoms with Crippen LogP contribution < -0.4 is 14.8 Å². The van der Waals surface area contributed by atoms with Gasteiger partial charge in [0.15, 0.2) is 0 Å². The molecule has 0 aliphatic carbocycles. The van der Waals surface area contributed by atoms with Crippen LogP contribution in [-0.4, -0.2) is 25.8 Å². The first-order valence-electron chi connectivity index (χ1n) is 7.31. The van der Waals surface area contributed by atoms with Crippen LogP contribution in [0.15, 0.2) is 24.3 Å². The topological polar surface area (TPSA) is 30.5 Å². The molecule has 0 heterocycles. The van der Waals surface area contributed by atoms with Crippen molar-refractivity contribution in [3.8, 4) is 11.5 Å². The SMILES string of the molecule is CCCOc1ccc(OCCCCNC(C)C)cc1. The fourth-order valence-electron chi connectivity index (χ4n) is 1.66. The van der Waals surface area contributed by atoms with Gasteiger partial charge in [-0.1, -0.05) is 20.8 Å². The van der Waals surface area contributed by atoms with Gasteiger partial charge in [0.2, 0.25) is 0 Å². The van der Waals surface area contributed by atoms with Gasteiger partial charge in [-0.15, -0.1) is 0 Å². The van der Waals surface area contributed by atoms with Gasteiger partial charge in [0.05, 0.1) is 13.2 Å². The van der Waals surface area contributed by atoms with Crippen molar-refractivity contribution in [3.05, 3.63) is 24.3 Å². The molecule has 1 aromatic rings. The highest BCUT2D eigenvalue weighted by Crippen LogP contribution is 2.17. The van der Waals surface area contributed by atoms with E-state index in [1.165, 1.54) is 0 Å². The van der Waals surface area contributed by atoms with E-state index < -0.39 is 0 Å². The number of unbranched alkanes of at least 4 members (excludes halogenated alkanes) is 1. The quantitative estimate of drug-likeness (QED) is 0.655. The van der Waals surface area contributed by atoms with Crippen LogP contribution in [0.25, 0.3) is 0 Å². The van der Waals surface area contributed by atoms with Crippen molar-refractivity contribution in [2.24, 2.45) is 0 Å². The second-order valence-electron chi connectivity index (χ2n) is 4.98. The summed E-state index contributed by atoms with van der Waals surface area (Å²) in [6.07, 6.45) is 3.26. The zero-order valence-electron chi connectivity index (χ0n) is 12.4. The molecule has 3 heteroatoms. The summed E-state index contributed by atoms with van der Waals surface area (Å²) in [5.41, 5.74) is 0. The van der Waals surface area contributed by atoms with Crippen molar-refractivity contribution < 1.29 is 9.47 Å². The van der Waals surface area contributed by atoms with Crippen molar-refractivity contribution >= 4 is 0 Å². The molecule has 0 aliphatic heterocycles. The lowest BCUT2D eigenvalue weighted by Gasteiger charge is -2.09. The Morgan fingerprint density at radius 2 is 1.53 bits per heavy atom. The van der Waals surface area contributed by atoms with Crippen molar-refractivity contribution in [1.29, 1.82) is 0 Å². The minimum atomic E-state index is 0.566. The monoisotopic (exact) mass is 265 g/mol. The molecule has 1 rings (SSSR count). The fourth-order valence-corrected chi connectivity index (χ4v) is 1.66. The molecule has 19 heavy (non-hydrogen) atoms. The second kappa shape index (κ2) is 9.68. The summed E-state index contributed by atoms with van der Waals surface area (Å²) in [5.74, 6) is 1.83. The van der Waals surface area contributed by atoms with Crippen LogP contribution in [-0.2, 0) is 0 Å². The number of hydrogen-bond acceptors (Lipinski definition) is 3. The molecule has 0 saturated carbocycles. The Bertz CT molecular complexity index is 322. The highest BCUT2D eigenvalue weighted by molar-refractivity contribution is 5.31. The Kier molecular flexibility index (Phi) is 8.07. The lowest BCUT2D eigenvalue weighted by molar-refractivity contribution is 0.301. The number of hydrogen-bond donors (Lipinski definition) is 1. The minimum absolute atomic E-state index is 0.566. The number of nitrogens with one attached hydrogen (secondary N) is 1. The first kappa shape index (κ1) is 15.8. The summed E-state index contributed by atoms with van der Waals surface area (Å²) >= 11 is 0. The van der Waals surface area contributed by atoms with E-state index >= 15 is 0 Å². The molecule has 0 atom stereocenters. The standard InChI is InChI=1S/C16H27NO2/c1-4-12-18-15-7-9-16(10-8-15)19-13-6-5-11-17-14(2)3/h7-10,14,17H,4-6,11-13H2,1-3H3. The Balaban J connectivity index is 2.12. The highest BCUT2D eigenvalue weighted by Gasteiger charge is 1.97. The van der Waals surface area contributed by atoms with Gasteiger partial charge in [0.25, 0.3) is 0 Å². The summed E-state index contributed by atoms with van der Waals surface area (Å²) in [6, 6.07) is 8.43. The summed E-state index contributed by atoms with van der Waals surface area (Å²) in [4.78, 5) is 0. The van der Waals surface area contributed by atoms with Crippen LogP contribution in [0.4, 0.5) is 0 Å². The first-order chi connectivity index (χ1) is 9.22. The molecule has 3 nitrogen and oxygen atoms in total. The maximum atomic E-state index is 5.69. The van der Waals surface area contributed by atoms with E-state index in [4.69, 9.17) is 9.47 Å². The van der Waals surface area contributed by atoms with Gasteiger partial charge in [0.1, 0.15) is 11.5 Å². The van der Waals surface area contributed by atoms with Crippen LogP contribution in [0.2, 0.25) is 0 Å². The van der Waals surface area contributed by atoms with Gasteiger partial charge in [-0.2, -0.15) is 0 Å². The predicted octanol–water partition coefficient (Wildman–Crippen LogP) is 3.63. The van der Waals surface area contributed by atoms with Gasteiger partial charge < -0.3 is 14.8 Å². The first-order valence-corrected chi connectivity index (χ1v) is 7.31. The zero-order chi connectivity index (χ0) is 13.9. The molecule has 0 amide bonds. The molecule has 0 aromatic heterocycles. The third-order valence-electron chi connectivity index (χ3n) is 2.69. The van der Waals surface area contributed by atoms with E-state index in [1.54, 1.807) is 0 Å². The van der Waals surface area contributed by atoms with E-state index in [2.05, 4.69) is 26.1 Å². The van der Waals surface area contributed by atoms with Gasteiger partial charge in [-0.05, 0) is 50.1 Å². The molecule has 0 radical (unpaired) electrons. The van der Waals surface area contributed by atoms with E-state index in [-0.39, 0.29) is 0 Å². The Labute approximate surface area is 117 Å². The molecular weight excluding hydrogens is 238 g/mol. The summed E-state index contributed by atoms with van der Waals surface area (Å²) < 4.78 is 11.2. The second-order valence-corrected chi connectivity index (χ2v) is 4.98. The normalized spacial score (nSPS) is 10.7. The van der Waals surface area contributed by atoms with Crippen molar-refractivity contribution in [3.63, 3.8) is 0 Å². The summed E-state index contributed by atoms with van der Waals surface area (Å²) in [7, 11) is 0. The molecule has 0 unspecified atom stereocenters. The number of benzene rings is 1. The van der Waals surface area contributed by atoms with Crippen molar-refractivity contribution in [2.45, 2.75) is 46.1 Å². The molecule has 1 N–H and O–H groups in total. The van der Waals surface area contributed by atoms with Crippen LogP contribution >= 0.6 is 0 Å². The van der Waals surface area contributed by atoms with Gasteiger partial charge in [-0.3, -0.25) is 0 Å². The van der Waals surface area contributed by atoms with E-state index in [1.807, 2.05) is 24.3 Å². The van der Waals surface area contributed by atoms with Crippen LogP contribution in [0.1, 0.15) is 40.0 Å². The molecule has 108 valence electrons. The summed E-state index contributed by atoms with van der Waals surface area (Å²) in [5, 5.41) is 3.40. The van der Waals surface area contributed by atoms with Crippen molar-refractivity contribution in [1.82, 2.24) is 5.32 Å². The molecule has 0 spiro atoms. The fraction of sp³-hybridized carbons (Fsp3) is 0.625. The molecule has 0 saturated heterocycles. The Hall–Kier alpha value is -1.22. The average molecular weight is 265 g/mol. The Morgan fingerprint density at radius 1 is 0.947 bits per heavy atom. The zero-order valence-corrected chi connectivity index (χ0v) is 12.4. The predicted molar refractivity (Wildman–Crippen MR) is 80.1 cm³/mol. The van der Waals surface area contributed by atoms with E-state index in [9.17, 15) is 0 Å². The molecular formula is C16H27NO2. The van der Waals surface area contributed by atoms with Crippen LogP contribution in [0.5, 0.6) is 11.5 Å². The maximum Gasteiger partial charge on any atom is 0.119 e. The van der Waals surface area contributed by atoms with Gasteiger partial charge >= 0.3 is 0 Å². The third kappa shape index (κ3) is 7.73. The summed E-state index contributed by atoms with van der Waals surface area (Å²) in [6.45, 7) is 9.03. The number of rotatable bonds is 10. The molecule has 1 aromatic carbocycles. The average Bonchev–Trinajstić information content (AvgIpc) is 2.41. The molecule has 0 fully saturated rings. The molecule has 0 bridgehead atoms. The minimum Gasteiger partial charge on any atom is -0.494 e. The van der Waals surface area contributed by atoms with Crippen molar-refractivity contribution in [2.75, 3.05) is 19.8 Å². The number of ether oxygens (including phenoxy) is 2. The van der Waals surface area contributed by atoms with Gasteiger partial charge in [-0.25, -0.2) is 0 Å². The van der Waals surface area contributed by atoms with Crippen LogP contribution in [0.3, 0.4) is 0 Å². The van der Waals surface area contributed by atoms with Gasteiger partial charge in [0, 0.05) is 6.04 Å². The Morgan fingerprint density at radius 3 is 2.05 bits per heavy atom. The van der Waals surface area contributed by atoms with E-state index in [0.29, 0.717) is 6.04 Å². The highest BCUT2D eigenvalue weighted by atomic mass is 16.5. The lowest BCUT2D eigenvalue weighted by Crippen LogP contribution is -2.23. The smallest absolute Gasteiger partial charge is 0.119 e.